The Labute approximate surface area is 237 Å². The summed E-state index contributed by atoms with van der Waals surface area (Å²) < 4.78 is 66.1. The summed E-state index contributed by atoms with van der Waals surface area (Å²) in [5.74, 6) is -8.61. The van der Waals surface area contributed by atoms with Crippen molar-refractivity contribution in [1.82, 2.24) is 4.90 Å². The SMILES string of the molecule is CCOC(=O)c1ccc(N2C(=O)C(CC(=O)Nc3ccc(OC)cc3)N(Cc3cc(F)c(F)c(F)c3F)C2=S)cc1. The third-order valence-corrected chi connectivity index (χ3v) is 6.64. The molecule has 214 valence electrons. The minimum absolute atomic E-state index is 0.158. The van der Waals surface area contributed by atoms with Crippen molar-refractivity contribution in [2.45, 2.75) is 25.9 Å². The number of esters is 1. The number of anilines is 2. The first kappa shape index (κ1) is 29.5. The number of nitrogens with one attached hydrogen (secondary N) is 1. The lowest BCUT2D eigenvalue weighted by molar-refractivity contribution is -0.124. The van der Waals surface area contributed by atoms with E-state index in [1.165, 1.54) is 31.4 Å². The second-order valence-corrected chi connectivity index (χ2v) is 9.17. The van der Waals surface area contributed by atoms with Crippen molar-refractivity contribution in [2.75, 3.05) is 23.9 Å². The van der Waals surface area contributed by atoms with Crippen LogP contribution < -0.4 is 15.0 Å². The number of hydrogen-bond acceptors (Lipinski definition) is 6. The van der Waals surface area contributed by atoms with Gasteiger partial charge in [0.25, 0.3) is 5.91 Å². The number of carbonyl (C=O) groups excluding carboxylic acids is 3. The Morgan fingerprint density at radius 3 is 2.24 bits per heavy atom. The van der Waals surface area contributed by atoms with Gasteiger partial charge in [-0.3, -0.25) is 14.5 Å². The van der Waals surface area contributed by atoms with Crippen LogP contribution in [0, 0.1) is 23.3 Å². The average molecular weight is 590 g/mol. The fourth-order valence-corrected chi connectivity index (χ4v) is 4.58. The van der Waals surface area contributed by atoms with Crippen molar-refractivity contribution < 1.29 is 41.4 Å². The lowest BCUT2D eigenvalue weighted by atomic mass is 10.1. The molecule has 0 aromatic heterocycles. The summed E-state index contributed by atoms with van der Waals surface area (Å²) in [6, 6.07) is 11.2. The van der Waals surface area contributed by atoms with Crippen LogP contribution in [0.3, 0.4) is 0 Å². The quantitative estimate of drug-likeness (QED) is 0.124. The maximum atomic E-state index is 14.6. The number of rotatable bonds is 9. The number of hydrogen-bond donors (Lipinski definition) is 1. The zero-order valence-corrected chi connectivity index (χ0v) is 22.6. The standard InChI is InChI=1S/C28H23F4N3O5S/c1-3-40-27(38)15-4-8-18(9-5-15)35-26(37)21(13-22(36)33-17-6-10-19(39-2)11-7-17)34(28(35)41)14-16-12-20(29)24(31)25(32)23(16)30/h4-12,21H,3,13-14H2,1-2H3,(H,33,36). The maximum absolute atomic E-state index is 14.6. The molecule has 2 amide bonds. The highest BCUT2D eigenvalue weighted by atomic mass is 32.1. The van der Waals surface area contributed by atoms with Gasteiger partial charge < -0.3 is 19.7 Å². The van der Waals surface area contributed by atoms with Crippen LogP contribution in [-0.2, 0) is 20.9 Å². The van der Waals surface area contributed by atoms with Crippen LogP contribution in [0.4, 0.5) is 28.9 Å². The maximum Gasteiger partial charge on any atom is 0.338 e. The topological polar surface area (TPSA) is 88.2 Å². The molecule has 41 heavy (non-hydrogen) atoms. The highest BCUT2D eigenvalue weighted by Crippen LogP contribution is 2.31. The number of nitrogens with zero attached hydrogens (tertiary/aromatic N) is 2. The summed E-state index contributed by atoms with van der Waals surface area (Å²) in [6.45, 7) is 1.16. The molecule has 13 heteroatoms. The molecule has 1 heterocycles. The van der Waals surface area contributed by atoms with E-state index in [1.807, 2.05) is 0 Å². The molecule has 0 spiro atoms. The van der Waals surface area contributed by atoms with Crippen molar-refractivity contribution >= 4 is 46.5 Å². The van der Waals surface area contributed by atoms with Crippen LogP contribution in [0.2, 0.25) is 0 Å². The molecule has 0 saturated carbocycles. The summed E-state index contributed by atoms with van der Waals surface area (Å²) in [5, 5.41) is 2.43. The second-order valence-electron chi connectivity index (χ2n) is 8.81. The molecule has 3 aromatic rings. The molecular weight excluding hydrogens is 566 g/mol. The van der Waals surface area contributed by atoms with Crippen molar-refractivity contribution in [1.29, 1.82) is 0 Å². The summed E-state index contributed by atoms with van der Waals surface area (Å²) >= 11 is 5.48. The Morgan fingerprint density at radius 2 is 1.63 bits per heavy atom. The summed E-state index contributed by atoms with van der Waals surface area (Å²) in [5.41, 5.74) is 0.208. The Hall–Kier alpha value is -4.52. The molecule has 1 aliphatic rings. The third-order valence-electron chi connectivity index (χ3n) is 6.23. The second kappa shape index (κ2) is 12.3. The van der Waals surface area contributed by atoms with Crippen LogP contribution in [0.1, 0.15) is 29.3 Å². The largest absolute Gasteiger partial charge is 0.497 e. The van der Waals surface area contributed by atoms with Crippen LogP contribution in [0.25, 0.3) is 0 Å². The molecule has 8 nitrogen and oxygen atoms in total. The van der Waals surface area contributed by atoms with Crippen molar-refractivity contribution in [3.05, 3.63) is 89.0 Å². The summed E-state index contributed by atoms with van der Waals surface area (Å²) in [4.78, 5) is 40.7. The summed E-state index contributed by atoms with van der Waals surface area (Å²) in [6.07, 6.45) is -0.476. The molecule has 1 saturated heterocycles. The van der Waals surface area contributed by atoms with E-state index < -0.39 is 65.6 Å². The predicted molar refractivity (Wildman–Crippen MR) is 144 cm³/mol. The normalized spacial score (nSPS) is 14.8. The molecular formula is C28H23F4N3O5S. The molecule has 3 aromatic carbocycles. The minimum atomic E-state index is -2.02. The van der Waals surface area contributed by atoms with Crippen molar-refractivity contribution in [3.63, 3.8) is 0 Å². The number of ether oxygens (including phenoxy) is 2. The van der Waals surface area contributed by atoms with Crippen molar-refractivity contribution in [2.24, 2.45) is 0 Å². The van der Waals surface area contributed by atoms with Gasteiger partial charge in [-0.25, -0.2) is 22.4 Å². The smallest absolute Gasteiger partial charge is 0.338 e. The van der Waals surface area contributed by atoms with Gasteiger partial charge in [-0.2, -0.15) is 0 Å². The van der Waals surface area contributed by atoms with Gasteiger partial charge in [0.05, 0.1) is 31.4 Å². The number of carbonyl (C=O) groups is 3. The monoisotopic (exact) mass is 589 g/mol. The number of methoxy groups -OCH3 is 1. The van der Waals surface area contributed by atoms with Gasteiger partial charge in [0, 0.05) is 17.8 Å². The molecule has 1 fully saturated rings. The first-order valence-corrected chi connectivity index (χ1v) is 12.6. The Kier molecular flexibility index (Phi) is 8.86. The van der Waals surface area contributed by atoms with Crippen LogP contribution >= 0.6 is 12.2 Å². The number of benzene rings is 3. The van der Waals surface area contributed by atoms with E-state index in [9.17, 15) is 31.9 Å². The lowest BCUT2D eigenvalue weighted by Gasteiger charge is -2.24. The Balaban J connectivity index is 1.65. The lowest BCUT2D eigenvalue weighted by Crippen LogP contribution is -2.37. The highest BCUT2D eigenvalue weighted by molar-refractivity contribution is 7.80. The molecule has 1 N–H and O–H groups in total. The molecule has 0 radical (unpaired) electrons. The van der Waals surface area contributed by atoms with E-state index in [-0.39, 0.29) is 23.0 Å². The van der Waals surface area contributed by atoms with E-state index in [1.54, 1.807) is 31.2 Å². The van der Waals surface area contributed by atoms with E-state index in [0.717, 1.165) is 9.80 Å². The van der Waals surface area contributed by atoms with E-state index in [2.05, 4.69) is 5.32 Å². The Bertz CT molecular complexity index is 1500. The van der Waals surface area contributed by atoms with Crippen LogP contribution in [-0.4, -0.2) is 47.6 Å². The van der Waals surface area contributed by atoms with Crippen molar-refractivity contribution in [3.8, 4) is 5.75 Å². The third kappa shape index (κ3) is 6.14. The first-order valence-electron chi connectivity index (χ1n) is 12.2. The van der Waals surface area contributed by atoms with Gasteiger partial charge in [-0.1, -0.05) is 0 Å². The fraction of sp³-hybridized carbons (Fsp3) is 0.214. The zero-order chi connectivity index (χ0) is 29.8. The molecule has 1 unspecified atom stereocenters. The van der Waals surface area contributed by atoms with Gasteiger partial charge in [0.2, 0.25) is 5.91 Å². The van der Waals surface area contributed by atoms with Gasteiger partial charge in [0.1, 0.15) is 11.8 Å². The van der Waals surface area contributed by atoms with Gasteiger partial charge >= 0.3 is 5.97 Å². The van der Waals surface area contributed by atoms with Gasteiger partial charge in [-0.05, 0) is 73.7 Å². The minimum Gasteiger partial charge on any atom is -0.497 e. The Morgan fingerprint density at radius 1 is 0.976 bits per heavy atom. The molecule has 0 aliphatic carbocycles. The van der Waals surface area contributed by atoms with E-state index >= 15 is 0 Å². The number of halogens is 4. The fourth-order valence-electron chi connectivity index (χ4n) is 4.19. The van der Waals surface area contributed by atoms with Gasteiger partial charge in [-0.15, -0.1) is 0 Å². The summed E-state index contributed by atoms with van der Waals surface area (Å²) in [7, 11) is 1.48. The average Bonchev–Trinajstić information content (AvgIpc) is 3.19. The highest BCUT2D eigenvalue weighted by Gasteiger charge is 2.44. The number of thiocarbonyl (C=S) groups is 1. The number of amides is 2. The van der Waals surface area contributed by atoms with Gasteiger partial charge in [0.15, 0.2) is 28.4 Å². The molecule has 1 aliphatic heterocycles. The van der Waals surface area contributed by atoms with Crippen LogP contribution in [0.15, 0.2) is 54.6 Å². The first-order chi connectivity index (χ1) is 19.5. The predicted octanol–water partition coefficient (Wildman–Crippen LogP) is 4.96. The van der Waals surface area contributed by atoms with E-state index in [0.29, 0.717) is 17.5 Å². The zero-order valence-electron chi connectivity index (χ0n) is 21.8. The van der Waals surface area contributed by atoms with Crippen LogP contribution in [0.5, 0.6) is 5.75 Å². The molecule has 0 bridgehead atoms. The molecule has 4 rings (SSSR count). The van der Waals surface area contributed by atoms with E-state index in [4.69, 9.17) is 21.7 Å². The molecule has 1 atom stereocenters.